The normalized spacial score (nSPS) is 24.2. The van der Waals surface area contributed by atoms with E-state index >= 15 is 0 Å². The Morgan fingerprint density at radius 3 is 3.00 bits per heavy atom. The van der Waals surface area contributed by atoms with Gasteiger partial charge in [0.15, 0.2) is 0 Å². The molecule has 1 aromatic rings. The first kappa shape index (κ1) is 10.3. The molecule has 0 bridgehead atoms. The van der Waals surface area contributed by atoms with E-state index in [2.05, 4.69) is 6.92 Å². The Balaban J connectivity index is 2.38. The van der Waals surface area contributed by atoms with Crippen molar-refractivity contribution >= 4 is 0 Å². The van der Waals surface area contributed by atoms with E-state index in [0.29, 0.717) is 12.5 Å². The lowest BCUT2D eigenvalue weighted by Crippen LogP contribution is -2.26. The summed E-state index contributed by atoms with van der Waals surface area (Å²) in [6, 6.07) is 5.91. The van der Waals surface area contributed by atoms with Gasteiger partial charge >= 0.3 is 0 Å². The highest BCUT2D eigenvalue weighted by Gasteiger charge is 2.25. The minimum Gasteiger partial charge on any atom is -0.497 e. The molecule has 1 aliphatic heterocycles. The number of fused-ring (bicyclic) bond motifs is 1. The fourth-order valence-electron chi connectivity index (χ4n) is 2.10. The topological polar surface area (TPSA) is 44.5 Å². The van der Waals surface area contributed by atoms with Crippen molar-refractivity contribution in [3.63, 3.8) is 0 Å². The van der Waals surface area contributed by atoms with Crippen LogP contribution in [0.2, 0.25) is 0 Å². The van der Waals surface area contributed by atoms with Gasteiger partial charge in [-0.25, -0.2) is 0 Å². The van der Waals surface area contributed by atoms with Crippen LogP contribution in [0.4, 0.5) is 0 Å². The van der Waals surface area contributed by atoms with Crippen LogP contribution >= 0.6 is 0 Å². The second-order valence-electron chi connectivity index (χ2n) is 4.00. The molecule has 2 unspecified atom stereocenters. The average Bonchev–Trinajstić information content (AvgIpc) is 2.27. The number of hydrogen-bond acceptors (Lipinski definition) is 3. The van der Waals surface area contributed by atoms with Gasteiger partial charge in [0, 0.05) is 11.5 Å². The smallest absolute Gasteiger partial charge is 0.123 e. The van der Waals surface area contributed by atoms with Crippen LogP contribution < -0.4 is 15.2 Å². The zero-order valence-corrected chi connectivity index (χ0v) is 9.19. The SMILES string of the molecule is COc1ccc2c(c1)C(CN)CC(C)O2. The van der Waals surface area contributed by atoms with E-state index in [0.717, 1.165) is 17.9 Å². The highest BCUT2D eigenvalue weighted by molar-refractivity contribution is 5.44. The van der Waals surface area contributed by atoms with E-state index in [1.165, 1.54) is 5.56 Å². The first-order valence-corrected chi connectivity index (χ1v) is 5.29. The molecule has 1 aromatic carbocycles. The fraction of sp³-hybridized carbons (Fsp3) is 0.500. The lowest BCUT2D eigenvalue weighted by Gasteiger charge is -2.29. The lowest BCUT2D eigenvalue weighted by molar-refractivity contribution is 0.176. The van der Waals surface area contributed by atoms with Crippen molar-refractivity contribution < 1.29 is 9.47 Å². The molecule has 0 aromatic heterocycles. The van der Waals surface area contributed by atoms with Gasteiger partial charge in [-0.1, -0.05) is 0 Å². The Morgan fingerprint density at radius 2 is 2.33 bits per heavy atom. The van der Waals surface area contributed by atoms with Crippen LogP contribution in [-0.4, -0.2) is 19.8 Å². The summed E-state index contributed by atoms with van der Waals surface area (Å²) in [5.74, 6) is 2.20. The van der Waals surface area contributed by atoms with Gasteiger partial charge in [0.2, 0.25) is 0 Å². The number of methoxy groups -OCH3 is 1. The Bertz CT molecular complexity index is 351. The van der Waals surface area contributed by atoms with Crippen LogP contribution in [0.15, 0.2) is 18.2 Å². The third-order valence-electron chi connectivity index (χ3n) is 2.89. The third kappa shape index (κ3) is 1.92. The van der Waals surface area contributed by atoms with Crippen LogP contribution in [0.25, 0.3) is 0 Å². The summed E-state index contributed by atoms with van der Waals surface area (Å²) in [6.07, 6.45) is 1.23. The second-order valence-corrected chi connectivity index (χ2v) is 4.00. The molecule has 2 rings (SSSR count). The molecule has 3 heteroatoms. The molecular weight excluding hydrogens is 190 g/mol. The van der Waals surface area contributed by atoms with Gasteiger partial charge in [0.1, 0.15) is 11.5 Å². The summed E-state index contributed by atoms with van der Waals surface area (Å²) >= 11 is 0. The first-order valence-electron chi connectivity index (χ1n) is 5.29. The molecule has 0 saturated carbocycles. The summed E-state index contributed by atoms with van der Waals surface area (Å²) in [5.41, 5.74) is 6.95. The van der Waals surface area contributed by atoms with E-state index in [9.17, 15) is 0 Å². The minimum absolute atomic E-state index is 0.249. The van der Waals surface area contributed by atoms with Gasteiger partial charge in [-0.2, -0.15) is 0 Å². The molecule has 2 N–H and O–H groups in total. The predicted molar refractivity (Wildman–Crippen MR) is 59.5 cm³/mol. The van der Waals surface area contributed by atoms with Crippen molar-refractivity contribution in [2.24, 2.45) is 5.73 Å². The largest absolute Gasteiger partial charge is 0.497 e. The molecular formula is C12H17NO2. The summed E-state index contributed by atoms with van der Waals surface area (Å²) < 4.78 is 11.0. The number of hydrogen-bond donors (Lipinski definition) is 1. The molecule has 0 spiro atoms. The molecule has 2 atom stereocenters. The van der Waals surface area contributed by atoms with Crippen LogP contribution in [0.3, 0.4) is 0 Å². The third-order valence-corrected chi connectivity index (χ3v) is 2.89. The summed E-state index contributed by atoms with van der Waals surface area (Å²) in [4.78, 5) is 0. The van der Waals surface area contributed by atoms with Crippen LogP contribution in [0.1, 0.15) is 24.8 Å². The summed E-state index contributed by atoms with van der Waals surface area (Å²) in [6.45, 7) is 2.74. The molecule has 1 heterocycles. The predicted octanol–water partition coefficient (Wildman–Crippen LogP) is 1.91. The van der Waals surface area contributed by atoms with Crippen molar-refractivity contribution in [2.45, 2.75) is 25.4 Å². The van der Waals surface area contributed by atoms with Gasteiger partial charge in [-0.05, 0) is 38.1 Å². The summed E-state index contributed by atoms with van der Waals surface area (Å²) in [5, 5.41) is 0. The monoisotopic (exact) mass is 207 g/mol. The van der Waals surface area contributed by atoms with E-state index in [1.807, 2.05) is 18.2 Å². The summed E-state index contributed by atoms with van der Waals surface area (Å²) in [7, 11) is 1.67. The molecule has 1 aliphatic rings. The van der Waals surface area contributed by atoms with Gasteiger partial charge < -0.3 is 15.2 Å². The standard InChI is InChI=1S/C12H17NO2/c1-8-5-9(7-13)11-6-10(14-2)3-4-12(11)15-8/h3-4,6,8-9H,5,7,13H2,1-2H3. The van der Waals surface area contributed by atoms with E-state index in [4.69, 9.17) is 15.2 Å². The van der Waals surface area contributed by atoms with Crippen molar-refractivity contribution in [2.75, 3.05) is 13.7 Å². The maximum Gasteiger partial charge on any atom is 0.123 e. The Hall–Kier alpha value is -1.22. The minimum atomic E-state index is 0.249. The van der Waals surface area contributed by atoms with Crippen molar-refractivity contribution in [3.8, 4) is 11.5 Å². The zero-order chi connectivity index (χ0) is 10.8. The van der Waals surface area contributed by atoms with Crippen LogP contribution in [0, 0.1) is 0 Å². The molecule has 0 saturated heterocycles. The number of ether oxygens (including phenoxy) is 2. The average molecular weight is 207 g/mol. The number of rotatable bonds is 2. The Kier molecular flexibility index (Phi) is 2.82. The van der Waals surface area contributed by atoms with Crippen molar-refractivity contribution in [1.29, 1.82) is 0 Å². The highest BCUT2D eigenvalue weighted by Crippen LogP contribution is 2.37. The number of benzene rings is 1. The maximum absolute atomic E-state index is 5.78. The number of nitrogens with two attached hydrogens (primary N) is 1. The highest BCUT2D eigenvalue weighted by atomic mass is 16.5. The van der Waals surface area contributed by atoms with Crippen molar-refractivity contribution in [3.05, 3.63) is 23.8 Å². The molecule has 15 heavy (non-hydrogen) atoms. The van der Waals surface area contributed by atoms with E-state index < -0.39 is 0 Å². The molecule has 3 nitrogen and oxygen atoms in total. The van der Waals surface area contributed by atoms with Crippen LogP contribution in [-0.2, 0) is 0 Å². The fourth-order valence-corrected chi connectivity index (χ4v) is 2.10. The Labute approximate surface area is 90.2 Å². The zero-order valence-electron chi connectivity index (χ0n) is 9.19. The molecule has 0 amide bonds. The van der Waals surface area contributed by atoms with E-state index in [-0.39, 0.29) is 6.10 Å². The van der Waals surface area contributed by atoms with Gasteiger partial charge in [0.25, 0.3) is 0 Å². The molecule has 0 fully saturated rings. The van der Waals surface area contributed by atoms with Gasteiger partial charge in [0.05, 0.1) is 13.2 Å². The lowest BCUT2D eigenvalue weighted by atomic mass is 9.90. The maximum atomic E-state index is 5.78. The molecule has 0 radical (unpaired) electrons. The van der Waals surface area contributed by atoms with Crippen LogP contribution in [0.5, 0.6) is 11.5 Å². The van der Waals surface area contributed by atoms with Crippen molar-refractivity contribution in [1.82, 2.24) is 0 Å². The quantitative estimate of drug-likeness (QED) is 0.805. The van der Waals surface area contributed by atoms with Gasteiger partial charge in [-0.3, -0.25) is 0 Å². The van der Waals surface area contributed by atoms with E-state index in [1.54, 1.807) is 7.11 Å². The molecule has 82 valence electrons. The first-order chi connectivity index (χ1) is 7.24. The van der Waals surface area contributed by atoms with Gasteiger partial charge in [-0.15, -0.1) is 0 Å². The molecule has 0 aliphatic carbocycles. The Morgan fingerprint density at radius 1 is 1.53 bits per heavy atom. The second kappa shape index (κ2) is 4.11.